The van der Waals surface area contributed by atoms with Crippen molar-refractivity contribution in [3.8, 4) is 17.1 Å². The van der Waals surface area contributed by atoms with Crippen molar-refractivity contribution >= 4 is 17.5 Å². The van der Waals surface area contributed by atoms with Crippen LogP contribution in [0.25, 0.3) is 17.1 Å². The molecule has 0 spiro atoms. The highest BCUT2D eigenvalue weighted by atomic mass is 15.5. The first-order valence-electron chi connectivity index (χ1n) is 9.08. The lowest BCUT2D eigenvalue weighted by atomic mass is 9.86. The highest BCUT2D eigenvalue weighted by Gasteiger charge is 2.25. The quantitative estimate of drug-likeness (QED) is 0.574. The van der Waals surface area contributed by atoms with E-state index in [1.54, 1.807) is 10.9 Å². The van der Waals surface area contributed by atoms with E-state index in [2.05, 4.69) is 38.1 Å². The molecule has 26 heavy (non-hydrogen) atoms. The molecule has 1 aromatic carbocycles. The van der Waals surface area contributed by atoms with Gasteiger partial charge in [0.15, 0.2) is 5.82 Å². The number of tetrazole rings is 1. The smallest absolute Gasteiger partial charge is 0.224 e. The van der Waals surface area contributed by atoms with E-state index in [-0.39, 0.29) is 0 Å². The average Bonchev–Trinajstić information content (AvgIpc) is 3.09. The van der Waals surface area contributed by atoms with Crippen molar-refractivity contribution < 1.29 is 0 Å². The molecule has 2 N–H and O–H groups in total. The minimum Gasteiger partial charge on any atom is -0.351 e. The lowest BCUT2D eigenvalue weighted by Gasteiger charge is -2.29. The molecule has 8 heteroatoms. The van der Waals surface area contributed by atoms with Crippen molar-refractivity contribution in [3.63, 3.8) is 0 Å². The molecule has 8 nitrogen and oxygen atoms in total. The Bertz CT molecular complexity index is 950. The number of para-hydroxylation sites is 2. The lowest BCUT2D eigenvalue weighted by molar-refractivity contribution is 0.348. The third-order valence-electron chi connectivity index (χ3n) is 5.31. The summed E-state index contributed by atoms with van der Waals surface area (Å²) in [7, 11) is 0. The van der Waals surface area contributed by atoms with Crippen LogP contribution in [0.3, 0.4) is 0 Å². The first kappa shape index (κ1) is 15.2. The van der Waals surface area contributed by atoms with Gasteiger partial charge in [-0.1, -0.05) is 31.9 Å². The molecule has 2 aromatic heterocycles. The molecule has 2 aliphatic rings. The normalized spacial score (nSPS) is 21.0. The summed E-state index contributed by atoms with van der Waals surface area (Å²) >= 11 is 0. The highest BCUT2D eigenvalue weighted by molar-refractivity contribution is 5.81. The van der Waals surface area contributed by atoms with Crippen molar-refractivity contribution in [2.75, 3.05) is 10.6 Å². The molecule has 5 rings (SSSR count). The second-order valence-corrected chi connectivity index (χ2v) is 7.02. The molecule has 0 radical (unpaired) electrons. The Balaban J connectivity index is 1.55. The van der Waals surface area contributed by atoms with Gasteiger partial charge in [-0.25, -0.2) is 4.98 Å². The molecule has 2 atom stereocenters. The number of nitrogens with zero attached hydrogens (tertiary/aromatic N) is 6. The van der Waals surface area contributed by atoms with Crippen LogP contribution in [0.2, 0.25) is 0 Å². The molecule has 1 aliphatic heterocycles. The van der Waals surface area contributed by atoms with E-state index < -0.39 is 0 Å². The molecule has 3 aromatic rings. The molecule has 2 unspecified atom stereocenters. The molecule has 0 bridgehead atoms. The fourth-order valence-electron chi connectivity index (χ4n) is 3.82. The predicted octanol–water partition coefficient (Wildman–Crippen LogP) is 3.17. The number of hydrogen-bond donors (Lipinski definition) is 2. The van der Waals surface area contributed by atoms with Crippen molar-refractivity contribution in [1.29, 1.82) is 0 Å². The molecule has 0 amide bonds. The summed E-state index contributed by atoms with van der Waals surface area (Å²) in [6, 6.07) is 8.33. The van der Waals surface area contributed by atoms with E-state index in [0.717, 1.165) is 23.4 Å². The Hall–Kier alpha value is -3.03. The van der Waals surface area contributed by atoms with Gasteiger partial charge in [0, 0.05) is 12.2 Å². The second-order valence-electron chi connectivity index (χ2n) is 7.02. The van der Waals surface area contributed by atoms with Gasteiger partial charge in [0.05, 0.1) is 16.9 Å². The van der Waals surface area contributed by atoms with Crippen LogP contribution in [0.5, 0.6) is 0 Å². The van der Waals surface area contributed by atoms with Gasteiger partial charge < -0.3 is 10.6 Å². The van der Waals surface area contributed by atoms with E-state index in [0.29, 0.717) is 29.6 Å². The van der Waals surface area contributed by atoms with Gasteiger partial charge in [-0.2, -0.15) is 9.67 Å². The molecule has 1 saturated carbocycles. The summed E-state index contributed by atoms with van der Waals surface area (Å²) in [5.74, 6) is 2.63. The first-order chi connectivity index (χ1) is 12.8. The average molecular weight is 348 g/mol. The fraction of sp³-hybridized carbons (Fsp3) is 0.389. The number of anilines is 3. The lowest BCUT2D eigenvalue weighted by Crippen LogP contribution is -2.31. The van der Waals surface area contributed by atoms with Crippen molar-refractivity contribution in [2.45, 2.75) is 38.6 Å². The van der Waals surface area contributed by atoms with E-state index in [1.807, 2.05) is 24.3 Å². The summed E-state index contributed by atoms with van der Waals surface area (Å²) in [5.41, 5.74) is 2.59. The van der Waals surface area contributed by atoms with Crippen molar-refractivity contribution in [2.24, 2.45) is 5.92 Å². The molecular formula is C18H20N8. The van der Waals surface area contributed by atoms with Gasteiger partial charge in [-0.15, -0.1) is 5.10 Å². The van der Waals surface area contributed by atoms with Crippen molar-refractivity contribution in [3.05, 3.63) is 30.5 Å². The standard InChI is InChI=1S/C18H20N8/c1-11-6-2-3-7-13(11)21-18-19-10-12-16(22-18)20-14-8-4-5-9-15(14)26-17(12)23-24-25-26/h4-5,8-11,13H,2-3,6-7H2,1H3,(H2,19,20,21,22). The summed E-state index contributed by atoms with van der Waals surface area (Å²) < 4.78 is 1.72. The summed E-state index contributed by atoms with van der Waals surface area (Å²) in [6.07, 6.45) is 6.77. The van der Waals surface area contributed by atoms with E-state index in [9.17, 15) is 0 Å². The largest absolute Gasteiger partial charge is 0.351 e. The monoisotopic (exact) mass is 348 g/mol. The van der Waals surface area contributed by atoms with Crippen LogP contribution in [-0.2, 0) is 0 Å². The number of aromatic nitrogens is 6. The second kappa shape index (κ2) is 6.05. The maximum atomic E-state index is 4.74. The third-order valence-corrected chi connectivity index (χ3v) is 5.31. The van der Waals surface area contributed by atoms with Crippen LogP contribution in [0.1, 0.15) is 32.6 Å². The zero-order valence-electron chi connectivity index (χ0n) is 14.6. The van der Waals surface area contributed by atoms with E-state index in [4.69, 9.17) is 4.98 Å². The predicted molar refractivity (Wildman–Crippen MR) is 98.5 cm³/mol. The number of benzene rings is 1. The Morgan fingerprint density at radius 3 is 3.00 bits per heavy atom. The minimum atomic E-state index is 0.421. The van der Waals surface area contributed by atoms with Crippen LogP contribution in [0, 0.1) is 5.92 Å². The van der Waals surface area contributed by atoms with Crippen LogP contribution in [0.4, 0.5) is 17.5 Å². The zero-order valence-corrected chi connectivity index (χ0v) is 14.6. The van der Waals surface area contributed by atoms with Gasteiger partial charge >= 0.3 is 0 Å². The Kier molecular flexibility index (Phi) is 3.55. The number of nitrogens with one attached hydrogen (secondary N) is 2. The molecule has 3 heterocycles. The molecular weight excluding hydrogens is 328 g/mol. The third kappa shape index (κ3) is 2.49. The van der Waals surface area contributed by atoms with Crippen LogP contribution >= 0.6 is 0 Å². The zero-order chi connectivity index (χ0) is 17.5. The number of hydrogen-bond acceptors (Lipinski definition) is 7. The molecule has 132 valence electrons. The summed E-state index contributed by atoms with van der Waals surface area (Å²) in [6.45, 7) is 2.29. The maximum absolute atomic E-state index is 4.74. The van der Waals surface area contributed by atoms with Gasteiger partial charge in [0.1, 0.15) is 5.82 Å². The topological polar surface area (TPSA) is 93.4 Å². The van der Waals surface area contributed by atoms with Gasteiger partial charge in [0.2, 0.25) is 5.95 Å². The van der Waals surface area contributed by atoms with E-state index in [1.165, 1.54) is 19.3 Å². The number of rotatable bonds is 2. The Morgan fingerprint density at radius 2 is 2.08 bits per heavy atom. The van der Waals surface area contributed by atoms with Gasteiger partial charge in [0.25, 0.3) is 0 Å². The van der Waals surface area contributed by atoms with Crippen LogP contribution in [0.15, 0.2) is 30.5 Å². The minimum absolute atomic E-state index is 0.421. The first-order valence-corrected chi connectivity index (χ1v) is 9.08. The van der Waals surface area contributed by atoms with E-state index >= 15 is 0 Å². The van der Waals surface area contributed by atoms with Crippen LogP contribution < -0.4 is 10.6 Å². The van der Waals surface area contributed by atoms with Crippen LogP contribution in [-0.4, -0.2) is 36.2 Å². The van der Waals surface area contributed by atoms with Gasteiger partial charge in [-0.3, -0.25) is 0 Å². The molecule has 1 fully saturated rings. The number of fused-ring (bicyclic) bond motifs is 5. The van der Waals surface area contributed by atoms with Gasteiger partial charge in [-0.05, 0) is 41.3 Å². The Morgan fingerprint density at radius 1 is 1.19 bits per heavy atom. The van der Waals surface area contributed by atoms with Crippen molar-refractivity contribution in [1.82, 2.24) is 30.2 Å². The molecule has 1 aliphatic carbocycles. The molecule has 0 saturated heterocycles. The Labute approximate surface area is 151 Å². The highest BCUT2D eigenvalue weighted by Crippen LogP contribution is 2.35. The summed E-state index contributed by atoms with van der Waals surface area (Å²) in [4.78, 5) is 9.27. The maximum Gasteiger partial charge on any atom is 0.224 e. The fourth-order valence-corrected chi connectivity index (χ4v) is 3.82. The SMILES string of the molecule is CC1CCCCC1Nc1ncc2c(n1)Nc1ccccc1-n1nnnc1-2. The summed E-state index contributed by atoms with van der Waals surface area (Å²) in [5, 5.41) is 19.1.